The highest BCUT2D eigenvalue weighted by Gasteiger charge is 2.19. The summed E-state index contributed by atoms with van der Waals surface area (Å²) in [7, 11) is -3.43. The van der Waals surface area contributed by atoms with Gasteiger partial charge in [0.2, 0.25) is 5.89 Å². The minimum Gasteiger partial charge on any atom is -0.486 e. The van der Waals surface area contributed by atoms with E-state index in [9.17, 15) is 8.42 Å². The highest BCUT2D eigenvalue weighted by atomic mass is 32.2. The lowest BCUT2D eigenvalue weighted by molar-refractivity contribution is 0.305. The van der Waals surface area contributed by atoms with E-state index in [1.54, 1.807) is 5.38 Å². The third-order valence-corrected chi connectivity index (χ3v) is 5.98. The molecule has 0 atom stereocenters. The number of aromatic nitrogens is 3. The molecule has 7 nitrogen and oxygen atoms in total. The van der Waals surface area contributed by atoms with Crippen molar-refractivity contribution in [3.8, 4) is 5.75 Å². The van der Waals surface area contributed by atoms with Crippen LogP contribution in [0.1, 0.15) is 42.2 Å². The van der Waals surface area contributed by atoms with Crippen LogP contribution in [0.4, 0.5) is 0 Å². The zero-order valence-electron chi connectivity index (χ0n) is 15.0. The highest BCUT2D eigenvalue weighted by Crippen LogP contribution is 2.17. The van der Waals surface area contributed by atoms with Gasteiger partial charge in [-0.25, -0.2) is 13.4 Å². The fraction of sp³-hybridized carbons (Fsp3) is 0.389. The van der Waals surface area contributed by atoms with E-state index in [0.29, 0.717) is 24.6 Å². The number of para-hydroxylation sites is 1. The molecule has 2 aromatic heterocycles. The summed E-state index contributed by atoms with van der Waals surface area (Å²) in [4.78, 5) is 8.50. The van der Waals surface area contributed by atoms with E-state index >= 15 is 0 Å². The second-order valence-electron chi connectivity index (χ2n) is 6.07. The molecular weight excluding hydrogens is 386 g/mol. The molecular formula is C18H21N3O4S2. The van der Waals surface area contributed by atoms with Gasteiger partial charge >= 0.3 is 0 Å². The first-order valence-electron chi connectivity index (χ1n) is 8.67. The van der Waals surface area contributed by atoms with Crippen molar-refractivity contribution < 1.29 is 17.7 Å². The van der Waals surface area contributed by atoms with Gasteiger partial charge in [-0.15, -0.1) is 11.3 Å². The van der Waals surface area contributed by atoms with Gasteiger partial charge in [0.05, 0.1) is 11.4 Å². The van der Waals surface area contributed by atoms with Gasteiger partial charge in [0.15, 0.2) is 15.7 Å². The van der Waals surface area contributed by atoms with Gasteiger partial charge in [-0.2, -0.15) is 4.98 Å². The quantitative estimate of drug-likeness (QED) is 0.507. The fourth-order valence-electron chi connectivity index (χ4n) is 2.39. The molecule has 0 saturated heterocycles. The van der Waals surface area contributed by atoms with Crippen LogP contribution in [0, 0.1) is 0 Å². The molecule has 0 aliphatic heterocycles. The molecule has 9 heteroatoms. The van der Waals surface area contributed by atoms with Crippen molar-refractivity contribution in [3.63, 3.8) is 0 Å². The summed E-state index contributed by atoms with van der Waals surface area (Å²) in [5.74, 6) is 1.02. The van der Waals surface area contributed by atoms with Crippen LogP contribution in [0.3, 0.4) is 0 Å². The van der Waals surface area contributed by atoms with Crippen molar-refractivity contribution in [3.05, 3.63) is 58.1 Å². The summed E-state index contributed by atoms with van der Waals surface area (Å²) >= 11 is 1.38. The number of hydrogen-bond donors (Lipinski definition) is 0. The van der Waals surface area contributed by atoms with Crippen molar-refractivity contribution in [2.24, 2.45) is 0 Å². The van der Waals surface area contributed by atoms with Gasteiger partial charge in [-0.05, 0) is 18.6 Å². The van der Waals surface area contributed by atoms with E-state index in [1.807, 2.05) is 30.3 Å². The van der Waals surface area contributed by atoms with Crippen LogP contribution in [0.15, 0.2) is 40.2 Å². The van der Waals surface area contributed by atoms with Gasteiger partial charge in [-0.1, -0.05) is 36.7 Å². The molecule has 0 fully saturated rings. The predicted octanol–water partition coefficient (Wildman–Crippen LogP) is 3.56. The first kappa shape index (κ1) is 19.5. The number of ether oxygens (including phenoxy) is 1. The average molecular weight is 408 g/mol. The zero-order valence-corrected chi connectivity index (χ0v) is 16.6. The van der Waals surface area contributed by atoms with Crippen molar-refractivity contribution in [2.45, 2.75) is 44.3 Å². The Bertz CT molecular complexity index is 952. The molecule has 3 aromatic rings. The van der Waals surface area contributed by atoms with Crippen LogP contribution in [0.5, 0.6) is 5.75 Å². The Labute approximate surface area is 162 Å². The Morgan fingerprint density at radius 2 is 1.96 bits per heavy atom. The molecule has 3 rings (SSSR count). The van der Waals surface area contributed by atoms with E-state index in [-0.39, 0.29) is 17.3 Å². The van der Waals surface area contributed by atoms with Crippen LogP contribution in [-0.4, -0.2) is 23.5 Å². The van der Waals surface area contributed by atoms with Crippen LogP contribution >= 0.6 is 11.3 Å². The Morgan fingerprint density at radius 3 is 2.74 bits per heavy atom. The van der Waals surface area contributed by atoms with E-state index in [0.717, 1.165) is 23.6 Å². The smallest absolute Gasteiger partial charge is 0.226 e. The molecule has 0 N–H and O–H groups in total. The third kappa shape index (κ3) is 6.14. The van der Waals surface area contributed by atoms with E-state index < -0.39 is 9.84 Å². The van der Waals surface area contributed by atoms with Crippen molar-refractivity contribution in [1.29, 1.82) is 0 Å². The SMILES string of the molecule is CCCCc1nc(CS(=O)(=O)Cc2csc(COc3ccccc3)n2)no1. The molecule has 0 unspecified atom stereocenters. The lowest BCUT2D eigenvalue weighted by atomic mass is 10.2. The topological polar surface area (TPSA) is 95.2 Å². The van der Waals surface area contributed by atoms with Crippen LogP contribution in [0.25, 0.3) is 0 Å². The first-order chi connectivity index (χ1) is 13.0. The molecule has 0 aliphatic carbocycles. The standard InChI is InChI=1S/C18H21N3O4S2/c1-2-3-9-17-20-16(21-25-17)13-27(22,23)12-14-11-26-18(19-14)10-24-15-7-5-4-6-8-15/h4-8,11H,2-3,9-10,12-13H2,1H3. The summed E-state index contributed by atoms with van der Waals surface area (Å²) < 4.78 is 35.5. The summed E-state index contributed by atoms with van der Waals surface area (Å²) in [6.45, 7) is 2.37. The Balaban J connectivity index is 1.54. The van der Waals surface area contributed by atoms with Crippen molar-refractivity contribution >= 4 is 21.2 Å². The van der Waals surface area contributed by atoms with E-state index in [2.05, 4.69) is 22.0 Å². The van der Waals surface area contributed by atoms with Crippen LogP contribution < -0.4 is 4.74 Å². The van der Waals surface area contributed by atoms with Gasteiger partial charge < -0.3 is 9.26 Å². The lowest BCUT2D eigenvalue weighted by Crippen LogP contribution is -2.09. The van der Waals surface area contributed by atoms with Gasteiger partial charge in [0, 0.05) is 11.8 Å². The predicted molar refractivity (Wildman–Crippen MR) is 102 cm³/mol. The Morgan fingerprint density at radius 1 is 1.15 bits per heavy atom. The molecule has 27 heavy (non-hydrogen) atoms. The summed E-state index contributed by atoms with van der Waals surface area (Å²) in [5.41, 5.74) is 0.501. The lowest BCUT2D eigenvalue weighted by Gasteiger charge is -2.02. The molecule has 1 aromatic carbocycles. The van der Waals surface area contributed by atoms with Crippen LogP contribution in [-0.2, 0) is 34.4 Å². The molecule has 0 saturated carbocycles. The summed E-state index contributed by atoms with van der Waals surface area (Å²) in [5, 5.41) is 6.23. The van der Waals surface area contributed by atoms with Crippen LogP contribution in [0.2, 0.25) is 0 Å². The Kier molecular flexibility index (Phi) is 6.57. The second-order valence-corrected chi connectivity index (χ2v) is 9.08. The normalized spacial score (nSPS) is 11.6. The van der Waals surface area contributed by atoms with Gasteiger partial charge in [0.1, 0.15) is 23.1 Å². The summed E-state index contributed by atoms with van der Waals surface area (Å²) in [6.07, 6.45) is 2.61. The molecule has 0 spiro atoms. The van der Waals surface area contributed by atoms with Crippen molar-refractivity contribution in [1.82, 2.24) is 15.1 Å². The zero-order chi connectivity index (χ0) is 19.1. The van der Waals surface area contributed by atoms with E-state index in [4.69, 9.17) is 9.26 Å². The number of benzene rings is 1. The highest BCUT2D eigenvalue weighted by molar-refractivity contribution is 7.89. The minimum absolute atomic E-state index is 0.159. The number of aryl methyl sites for hydroxylation is 1. The minimum atomic E-state index is -3.43. The van der Waals surface area contributed by atoms with Crippen molar-refractivity contribution in [2.75, 3.05) is 0 Å². The second kappa shape index (κ2) is 9.09. The number of hydrogen-bond acceptors (Lipinski definition) is 8. The largest absolute Gasteiger partial charge is 0.486 e. The number of sulfone groups is 1. The molecule has 0 radical (unpaired) electrons. The molecule has 0 amide bonds. The maximum Gasteiger partial charge on any atom is 0.226 e. The molecule has 2 heterocycles. The van der Waals surface area contributed by atoms with E-state index in [1.165, 1.54) is 11.3 Å². The maximum atomic E-state index is 12.4. The molecule has 144 valence electrons. The van der Waals surface area contributed by atoms with Gasteiger partial charge in [-0.3, -0.25) is 0 Å². The monoisotopic (exact) mass is 407 g/mol. The summed E-state index contributed by atoms with van der Waals surface area (Å²) in [6, 6.07) is 9.41. The number of thiazole rings is 1. The third-order valence-electron chi connectivity index (χ3n) is 3.68. The number of unbranched alkanes of at least 4 members (excludes halogenated alkanes) is 1. The average Bonchev–Trinajstić information content (AvgIpc) is 3.27. The molecule has 0 aliphatic rings. The fourth-order valence-corrected chi connectivity index (χ4v) is 4.42. The maximum absolute atomic E-state index is 12.4. The number of nitrogens with zero attached hydrogens (tertiary/aromatic N) is 3. The number of rotatable bonds is 10. The first-order valence-corrected chi connectivity index (χ1v) is 11.4. The Hall–Kier alpha value is -2.26. The molecule has 0 bridgehead atoms. The van der Waals surface area contributed by atoms with Gasteiger partial charge in [0.25, 0.3) is 0 Å².